The minimum absolute atomic E-state index is 0.0893. The first-order chi connectivity index (χ1) is 11.5. The van der Waals surface area contributed by atoms with Crippen LogP contribution in [0.25, 0.3) is 10.8 Å². The van der Waals surface area contributed by atoms with Gasteiger partial charge in [-0.3, -0.25) is 0 Å². The zero-order valence-electron chi connectivity index (χ0n) is 12.5. The number of ether oxygens (including phenoxy) is 2. The Morgan fingerprint density at radius 1 is 0.875 bits per heavy atom. The van der Waals surface area contributed by atoms with E-state index in [1.54, 1.807) is 12.1 Å². The molecule has 122 valence electrons. The van der Waals surface area contributed by atoms with E-state index in [-0.39, 0.29) is 22.1 Å². The van der Waals surface area contributed by atoms with Gasteiger partial charge in [-0.15, -0.1) is 0 Å². The molecule has 24 heavy (non-hydrogen) atoms. The predicted molar refractivity (Wildman–Crippen MR) is 81.8 cm³/mol. The average molecular weight is 332 g/mol. The molecule has 0 radical (unpaired) electrons. The van der Waals surface area contributed by atoms with E-state index in [9.17, 15) is 18.0 Å². The van der Waals surface area contributed by atoms with Gasteiger partial charge in [0.2, 0.25) is 0 Å². The van der Waals surface area contributed by atoms with Gasteiger partial charge in [-0.25, -0.2) is 18.0 Å². The van der Waals surface area contributed by atoms with Crippen molar-refractivity contribution in [2.24, 2.45) is 0 Å². The first kappa shape index (κ1) is 15.9. The second-order valence-electron chi connectivity index (χ2n) is 4.99. The second-order valence-corrected chi connectivity index (χ2v) is 4.99. The van der Waals surface area contributed by atoms with E-state index in [1.807, 2.05) is 0 Å². The van der Waals surface area contributed by atoms with Gasteiger partial charge in [0, 0.05) is 5.39 Å². The van der Waals surface area contributed by atoms with E-state index in [2.05, 4.69) is 0 Å². The van der Waals surface area contributed by atoms with E-state index in [0.29, 0.717) is 5.75 Å². The Balaban J connectivity index is 1.89. The molecule has 0 aliphatic carbocycles. The van der Waals surface area contributed by atoms with Crippen molar-refractivity contribution in [1.82, 2.24) is 0 Å². The highest BCUT2D eigenvalue weighted by Crippen LogP contribution is 2.27. The maximum Gasteiger partial charge on any atom is 0.343 e. The Hall–Kier alpha value is -3.02. The molecule has 0 bridgehead atoms. The number of hydrogen-bond acceptors (Lipinski definition) is 3. The molecule has 0 saturated carbocycles. The number of hydrogen-bond donors (Lipinski definition) is 0. The molecule has 0 spiro atoms. The molecule has 0 N–H and O–H groups in total. The third-order valence-electron chi connectivity index (χ3n) is 3.48. The highest BCUT2D eigenvalue weighted by atomic mass is 19.2. The summed E-state index contributed by atoms with van der Waals surface area (Å²) in [6.45, 7) is 0. The van der Waals surface area contributed by atoms with Crippen LogP contribution in [0, 0.1) is 17.5 Å². The van der Waals surface area contributed by atoms with Crippen LogP contribution in [-0.4, -0.2) is 13.1 Å². The molecule has 0 heterocycles. The molecular formula is C18H11F3O3. The van der Waals surface area contributed by atoms with Crippen LogP contribution in [0.15, 0.2) is 48.5 Å². The van der Waals surface area contributed by atoms with Crippen molar-refractivity contribution >= 4 is 16.7 Å². The van der Waals surface area contributed by atoms with Gasteiger partial charge in [-0.1, -0.05) is 0 Å². The lowest BCUT2D eigenvalue weighted by molar-refractivity contribution is 0.0735. The average Bonchev–Trinajstić information content (AvgIpc) is 2.59. The lowest BCUT2D eigenvalue weighted by Gasteiger charge is -2.07. The van der Waals surface area contributed by atoms with Crippen LogP contribution in [0.2, 0.25) is 0 Å². The fraction of sp³-hybridized carbons (Fsp3) is 0.0556. The van der Waals surface area contributed by atoms with Crippen molar-refractivity contribution in [2.45, 2.75) is 0 Å². The summed E-state index contributed by atoms with van der Waals surface area (Å²) in [5.41, 5.74) is 0.285. The molecule has 0 unspecified atom stereocenters. The molecule has 0 saturated heterocycles. The lowest BCUT2D eigenvalue weighted by atomic mass is 10.1. The first-order valence-electron chi connectivity index (χ1n) is 6.93. The summed E-state index contributed by atoms with van der Waals surface area (Å²) >= 11 is 0. The van der Waals surface area contributed by atoms with Gasteiger partial charge in [-0.2, -0.15) is 0 Å². The largest absolute Gasteiger partial charge is 0.497 e. The summed E-state index contributed by atoms with van der Waals surface area (Å²) in [6, 6.07) is 10.9. The third-order valence-corrected chi connectivity index (χ3v) is 3.48. The quantitative estimate of drug-likeness (QED) is 0.403. The number of carbonyl (C=O) groups is 1. The van der Waals surface area contributed by atoms with E-state index in [1.165, 1.54) is 37.4 Å². The normalized spacial score (nSPS) is 10.7. The number of benzene rings is 3. The van der Waals surface area contributed by atoms with Crippen molar-refractivity contribution in [3.05, 3.63) is 71.5 Å². The van der Waals surface area contributed by atoms with E-state index >= 15 is 0 Å². The van der Waals surface area contributed by atoms with Crippen LogP contribution in [0.5, 0.6) is 11.5 Å². The molecule has 0 atom stereocenters. The van der Waals surface area contributed by atoms with Gasteiger partial charge in [0.05, 0.1) is 12.7 Å². The van der Waals surface area contributed by atoms with Crippen LogP contribution >= 0.6 is 0 Å². The highest BCUT2D eigenvalue weighted by molar-refractivity contribution is 5.92. The maximum atomic E-state index is 13.7. The Labute approximate surface area is 135 Å². The van der Waals surface area contributed by atoms with Crippen LogP contribution in [0.1, 0.15) is 10.4 Å². The molecule has 3 aromatic carbocycles. The minimum Gasteiger partial charge on any atom is -0.497 e. The summed E-state index contributed by atoms with van der Waals surface area (Å²) in [6.07, 6.45) is 0. The van der Waals surface area contributed by atoms with Gasteiger partial charge in [0.1, 0.15) is 11.5 Å². The predicted octanol–water partition coefficient (Wildman–Crippen LogP) is 4.48. The van der Waals surface area contributed by atoms with Crippen LogP contribution in [0.3, 0.4) is 0 Å². The molecule has 6 heteroatoms. The topological polar surface area (TPSA) is 35.5 Å². The molecule has 0 aliphatic rings. The molecule has 0 amide bonds. The molecule has 3 aromatic rings. The highest BCUT2D eigenvalue weighted by Gasteiger charge is 2.15. The molecule has 0 fully saturated rings. The monoisotopic (exact) mass is 332 g/mol. The van der Waals surface area contributed by atoms with E-state index in [4.69, 9.17) is 9.47 Å². The molecule has 3 nitrogen and oxygen atoms in total. The summed E-state index contributed by atoms with van der Waals surface area (Å²) in [7, 11) is 1.50. The summed E-state index contributed by atoms with van der Waals surface area (Å²) < 4.78 is 50.3. The smallest absolute Gasteiger partial charge is 0.343 e. The van der Waals surface area contributed by atoms with Crippen molar-refractivity contribution < 1.29 is 27.4 Å². The zero-order chi connectivity index (χ0) is 17.3. The van der Waals surface area contributed by atoms with Crippen molar-refractivity contribution in [1.29, 1.82) is 0 Å². The van der Waals surface area contributed by atoms with E-state index < -0.39 is 23.4 Å². The standard InChI is InChI=1S/C18H11F3O3/c1-23-12-4-2-10(3-5-12)18(22)24-13-6-7-14-11(8-13)9-15(19)17(21)16(14)20/h2-9H,1H3. The number of esters is 1. The van der Waals surface area contributed by atoms with Gasteiger partial charge in [0.15, 0.2) is 17.5 Å². The summed E-state index contributed by atoms with van der Waals surface area (Å²) in [5.74, 6) is -4.08. The van der Waals surface area contributed by atoms with Gasteiger partial charge in [0.25, 0.3) is 0 Å². The van der Waals surface area contributed by atoms with E-state index in [0.717, 1.165) is 6.07 Å². The van der Waals surface area contributed by atoms with Gasteiger partial charge >= 0.3 is 5.97 Å². The van der Waals surface area contributed by atoms with Gasteiger partial charge in [-0.05, 0) is 53.9 Å². The first-order valence-corrected chi connectivity index (χ1v) is 6.93. The molecule has 0 aromatic heterocycles. The zero-order valence-corrected chi connectivity index (χ0v) is 12.5. The molecule has 3 rings (SSSR count). The minimum atomic E-state index is -1.54. The Kier molecular flexibility index (Phi) is 4.12. The lowest BCUT2D eigenvalue weighted by Crippen LogP contribution is -2.08. The van der Waals surface area contributed by atoms with Crippen LogP contribution < -0.4 is 9.47 Å². The number of rotatable bonds is 3. The van der Waals surface area contributed by atoms with Crippen LogP contribution in [0.4, 0.5) is 13.2 Å². The SMILES string of the molecule is COc1ccc(C(=O)Oc2ccc3c(F)c(F)c(F)cc3c2)cc1. The Morgan fingerprint density at radius 2 is 1.54 bits per heavy atom. The van der Waals surface area contributed by atoms with Crippen molar-refractivity contribution in [2.75, 3.05) is 7.11 Å². The fourth-order valence-corrected chi connectivity index (χ4v) is 2.24. The Morgan fingerprint density at radius 3 is 2.21 bits per heavy atom. The second kappa shape index (κ2) is 6.23. The number of methoxy groups -OCH3 is 1. The van der Waals surface area contributed by atoms with Crippen molar-refractivity contribution in [3.8, 4) is 11.5 Å². The third kappa shape index (κ3) is 2.90. The maximum absolute atomic E-state index is 13.7. The van der Waals surface area contributed by atoms with Crippen molar-refractivity contribution in [3.63, 3.8) is 0 Å². The summed E-state index contributed by atoms with van der Waals surface area (Å²) in [5, 5.41) is -0.00965. The Bertz CT molecular complexity index is 921. The number of halogens is 3. The molecule has 0 aliphatic heterocycles. The summed E-state index contributed by atoms with van der Waals surface area (Å²) in [4.78, 5) is 12.1. The number of carbonyl (C=O) groups excluding carboxylic acids is 1. The number of fused-ring (bicyclic) bond motifs is 1. The molecular weight excluding hydrogens is 321 g/mol. The van der Waals surface area contributed by atoms with Crippen LogP contribution in [-0.2, 0) is 0 Å². The van der Waals surface area contributed by atoms with Gasteiger partial charge < -0.3 is 9.47 Å². The fourth-order valence-electron chi connectivity index (χ4n) is 2.24.